The van der Waals surface area contributed by atoms with Crippen molar-refractivity contribution in [3.63, 3.8) is 0 Å². The number of hydrogen-bond acceptors (Lipinski definition) is 3. The first-order chi connectivity index (χ1) is 9.95. The lowest BCUT2D eigenvalue weighted by atomic mass is 10.1. The predicted octanol–water partition coefficient (Wildman–Crippen LogP) is 2.53. The fraction of sp³-hybridized carbons (Fsp3) is 0.250. The molecule has 0 saturated heterocycles. The Kier molecular flexibility index (Phi) is 4.77. The van der Waals surface area contributed by atoms with E-state index in [1.807, 2.05) is 30.3 Å². The largest absolute Gasteiger partial charge is 0.392 e. The van der Waals surface area contributed by atoms with Gasteiger partial charge in [0, 0.05) is 6.04 Å². The van der Waals surface area contributed by atoms with Gasteiger partial charge in [-0.1, -0.05) is 42.5 Å². The Morgan fingerprint density at radius 1 is 1.10 bits per heavy atom. The molecule has 0 saturated carbocycles. The van der Waals surface area contributed by atoms with Gasteiger partial charge in [-0.25, -0.2) is 13.1 Å². The minimum absolute atomic E-state index is 0.177. The zero-order valence-corrected chi connectivity index (χ0v) is 12.9. The van der Waals surface area contributed by atoms with Crippen LogP contribution in [-0.2, 0) is 16.6 Å². The molecule has 2 N–H and O–H groups in total. The van der Waals surface area contributed by atoms with E-state index in [-0.39, 0.29) is 17.5 Å². The van der Waals surface area contributed by atoms with Crippen LogP contribution in [0.15, 0.2) is 53.4 Å². The molecule has 2 rings (SSSR count). The average molecular weight is 305 g/mol. The molecule has 2 aromatic rings. The lowest BCUT2D eigenvalue weighted by Crippen LogP contribution is -2.27. The van der Waals surface area contributed by atoms with E-state index in [9.17, 15) is 13.5 Å². The lowest BCUT2D eigenvalue weighted by molar-refractivity contribution is 0.280. The minimum atomic E-state index is -3.63. The van der Waals surface area contributed by atoms with Gasteiger partial charge in [-0.05, 0) is 36.6 Å². The van der Waals surface area contributed by atoms with E-state index in [1.54, 1.807) is 32.0 Å². The van der Waals surface area contributed by atoms with Crippen LogP contribution in [0, 0.1) is 6.92 Å². The maximum absolute atomic E-state index is 12.5. The molecule has 0 heterocycles. The Bertz CT molecular complexity index is 712. The fourth-order valence-electron chi connectivity index (χ4n) is 2.23. The third-order valence-corrected chi connectivity index (χ3v) is 5.17. The molecule has 21 heavy (non-hydrogen) atoms. The molecule has 4 nitrogen and oxygen atoms in total. The Morgan fingerprint density at radius 2 is 1.76 bits per heavy atom. The highest BCUT2D eigenvalue weighted by Crippen LogP contribution is 2.21. The number of aliphatic hydroxyl groups is 1. The molecule has 1 unspecified atom stereocenters. The van der Waals surface area contributed by atoms with E-state index < -0.39 is 10.0 Å². The van der Waals surface area contributed by atoms with Crippen molar-refractivity contribution in [1.29, 1.82) is 0 Å². The van der Waals surface area contributed by atoms with Crippen LogP contribution in [0.3, 0.4) is 0 Å². The summed E-state index contributed by atoms with van der Waals surface area (Å²) in [6, 6.07) is 14.0. The molecule has 2 aromatic carbocycles. The molecule has 0 radical (unpaired) electrons. The second-order valence-corrected chi connectivity index (χ2v) is 6.63. The van der Waals surface area contributed by atoms with Crippen molar-refractivity contribution >= 4 is 10.0 Å². The Balaban J connectivity index is 2.31. The molecule has 0 aliphatic rings. The van der Waals surface area contributed by atoms with E-state index in [4.69, 9.17) is 0 Å². The summed E-state index contributed by atoms with van der Waals surface area (Å²) in [5, 5.41) is 9.25. The van der Waals surface area contributed by atoms with Crippen molar-refractivity contribution in [2.45, 2.75) is 31.4 Å². The molecule has 5 heteroatoms. The van der Waals surface area contributed by atoms with Crippen LogP contribution >= 0.6 is 0 Å². The Morgan fingerprint density at radius 3 is 2.38 bits per heavy atom. The van der Waals surface area contributed by atoms with Gasteiger partial charge < -0.3 is 5.11 Å². The van der Waals surface area contributed by atoms with E-state index in [2.05, 4.69) is 4.72 Å². The SMILES string of the molecule is Cc1c(CO)cccc1S(=O)(=O)NC(C)c1ccccc1. The molecule has 0 aliphatic carbocycles. The van der Waals surface area contributed by atoms with Gasteiger partial charge >= 0.3 is 0 Å². The van der Waals surface area contributed by atoms with Crippen molar-refractivity contribution in [1.82, 2.24) is 4.72 Å². The molecule has 1 atom stereocenters. The first kappa shape index (κ1) is 15.7. The van der Waals surface area contributed by atoms with Gasteiger partial charge in [-0.15, -0.1) is 0 Å². The zero-order chi connectivity index (χ0) is 15.5. The third kappa shape index (κ3) is 3.50. The number of rotatable bonds is 5. The molecule has 0 spiro atoms. The van der Waals surface area contributed by atoms with Gasteiger partial charge in [0.05, 0.1) is 11.5 Å². The summed E-state index contributed by atoms with van der Waals surface area (Å²) in [5.74, 6) is 0. The van der Waals surface area contributed by atoms with Crippen LogP contribution in [0.25, 0.3) is 0 Å². The van der Waals surface area contributed by atoms with Gasteiger partial charge in [0.1, 0.15) is 0 Å². The van der Waals surface area contributed by atoms with Crippen LogP contribution < -0.4 is 4.72 Å². The molecule has 0 amide bonds. The first-order valence-corrected chi connectivity index (χ1v) is 8.20. The second kappa shape index (κ2) is 6.39. The highest BCUT2D eigenvalue weighted by atomic mass is 32.2. The normalized spacial score (nSPS) is 13.1. The smallest absolute Gasteiger partial charge is 0.241 e. The average Bonchev–Trinajstić information content (AvgIpc) is 2.47. The summed E-state index contributed by atoms with van der Waals surface area (Å²) in [6.45, 7) is 3.33. The molecular formula is C16H19NO3S. The summed E-state index contributed by atoms with van der Waals surface area (Å²) >= 11 is 0. The number of benzene rings is 2. The van der Waals surface area contributed by atoms with Crippen LogP contribution in [0.2, 0.25) is 0 Å². The van der Waals surface area contributed by atoms with Gasteiger partial charge in [0.2, 0.25) is 10.0 Å². The summed E-state index contributed by atoms with van der Waals surface area (Å²) in [4.78, 5) is 0.205. The van der Waals surface area contributed by atoms with Crippen LogP contribution in [0.4, 0.5) is 0 Å². The van der Waals surface area contributed by atoms with Gasteiger partial charge in [-0.3, -0.25) is 0 Å². The zero-order valence-electron chi connectivity index (χ0n) is 12.1. The summed E-state index contributed by atoms with van der Waals surface area (Å²) in [6.07, 6.45) is 0. The van der Waals surface area contributed by atoms with Crippen molar-refractivity contribution in [2.75, 3.05) is 0 Å². The molecule has 0 aliphatic heterocycles. The highest BCUT2D eigenvalue weighted by molar-refractivity contribution is 7.89. The van der Waals surface area contributed by atoms with Crippen LogP contribution in [0.5, 0.6) is 0 Å². The van der Waals surface area contributed by atoms with Gasteiger partial charge in [0.15, 0.2) is 0 Å². The summed E-state index contributed by atoms with van der Waals surface area (Å²) < 4.78 is 27.7. The number of sulfonamides is 1. The fourth-order valence-corrected chi connectivity index (χ4v) is 3.75. The predicted molar refractivity (Wildman–Crippen MR) is 82.3 cm³/mol. The van der Waals surface area contributed by atoms with Crippen molar-refractivity contribution < 1.29 is 13.5 Å². The van der Waals surface area contributed by atoms with Crippen molar-refractivity contribution in [3.8, 4) is 0 Å². The van der Waals surface area contributed by atoms with Gasteiger partial charge in [-0.2, -0.15) is 0 Å². The Hall–Kier alpha value is -1.69. The monoisotopic (exact) mass is 305 g/mol. The maximum atomic E-state index is 12.5. The molecule has 0 fully saturated rings. The van der Waals surface area contributed by atoms with E-state index in [1.165, 1.54) is 0 Å². The summed E-state index contributed by atoms with van der Waals surface area (Å²) in [7, 11) is -3.63. The lowest BCUT2D eigenvalue weighted by Gasteiger charge is -2.16. The number of hydrogen-bond donors (Lipinski definition) is 2. The van der Waals surface area contributed by atoms with Crippen molar-refractivity contribution in [2.24, 2.45) is 0 Å². The van der Waals surface area contributed by atoms with Crippen molar-refractivity contribution in [3.05, 3.63) is 65.2 Å². The van der Waals surface area contributed by atoms with Gasteiger partial charge in [0.25, 0.3) is 0 Å². The highest BCUT2D eigenvalue weighted by Gasteiger charge is 2.21. The molecule has 0 aromatic heterocycles. The number of aliphatic hydroxyl groups excluding tert-OH is 1. The minimum Gasteiger partial charge on any atom is -0.392 e. The molecule has 112 valence electrons. The van der Waals surface area contributed by atoms with Crippen LogP contribution in [-0.4, -0.2) is 13.5 Å². The van der Waals surface area contributed by atoms with E-state index in [0.29, 0.717) is 11.1 Å². The van der Waals surface area contributed by atoms with E-state index in [0.717, 1.165) is 5.56 Å². The number of nitrogens with one attached hydrogen (secondary N) is 1. The standard InChI is InChI=1S/C16H19NO3S/c1-12-15(11-18)9-6-10-16(12)21(19,20)17-13(2)14-7-4-3-5-8-14/h3-10,13,17-18H,11H2,1-2H3. The molecule has 0 bridgehead atoms. The van der Waals surface area contributed by atoms with Crippen LogP contribution in [0.1, 0.15) is 29.7 Å². The van der Waals surface area contributed by atoms with E-state index >= 15 is 0 Å². The third-order valence-electron chi connectivity index (χ3n) is 3.49. The molecular weight excluding hydrogens is 286 g/mol. The first-order valence-electron chi connectivity index (χ1n) is 6.72. The Labute approximate surface area is 125 Å². The topological polar surface area (TPSA) is 66.4 Å². The summed E-state index contributed by atoms with van der Waals surface area (Å²) in [5.41, 5.74) is 2.09. The quantitative estimate of drug-likeness (QED) is 0.892. The second-order valence-electron chi connectivity index (χ2n) is 4.95. The maximum Gasteiger partial charge on any atom is 0.241 e.